The Balaban J connectivity index is 1.76. The lowest BCUT2D eigenvalue weighted by Crippen LogP contribution is -2.03. The molecule has 0 aliphatic carbocycles. The van der Waals surface area contributed by atoms with E-state index in [-0.39, 0.29) is 0 Å². The van der Waals surface area contributed by atoms with Gasteiger partial charge in [0.1, 0.15) is 11.5 Å². The second kappa shape index (κ2) is 33.6. The van der Waals surface area contributed by atoms with Crippen LogP contribution in [0, 0.1) is 0 Å². The van der Waals surface area contributed by atoms with E-state index < -0.39 is 0 Å². The van der Waals surface area contributed by atoms with Crippen molar-refractivity contribution in [2.75, 3.05) is 13.2 Å². The van der Waals surface area contributed by atoms with Crippen LogP contribution in [0.25, 0.3) is 24.3 Å². The molecule has 0 radical (unpaired) electrons. The molecule has 0 amide bonds. The first-order chi connectivity index (χ1) is 28.7. The van der Waals surface area contributed by atoms with Gasteiger partial charge >= 0.3 is 0 Å². The third-order valence-electron chi connectivity index (χ3n) is 11.7. The Labute approximate surface area is 358 Å². The van der Waals surface area contributed by atoms with E-state index in [1.807, 2.05) is 0 Å². The zero-order valence-electron chi connectivity index (χ0n) is 38.1. The summed E-state index contributed by atoms with van der Waals surface area (Å²) in [6.45, 7) is 10.6. The van der Waals surface area contributed by atoms with E-state index in [4.69, 9.17) is 9.47 Å². The van der Waals surface area contributed by atoms with Crippen molar-refractivity contribution >= 4 is 24.3 Å². The van der Waals surface area contributed by atoms with Crippen molar-refractivity contribution in [1.29, 1.82) is 0 Å². The Bertz CT molecular complexity index is 1350. The standard InChI is InChI=1S/C56H86O2/c1-5-9-13-17-21-23-27-31-49-33-37-51(38-34-49)41-43-53-47-56(58-46-30-26-20-16-12-8-4)54(48-55(53)57-45-29-25-19-15-11-7-3)44-42-52-39-35-50(36-40-52)32-28-24-22-18-14-10-6-2/h33-44,47-48H,5-32,45-46H2,1-4H3/b43-41+,44-42+. The number of unbranched alkanes of at least 4 members (excludes halogenated alkanes) is 22. The van der Waals surface area contributed by atoms with Gasteiger partial charge in [-0.25, -0.2) is 0 Å². The molecule has 0 N–H and O–H groups in total. The van der Waals surface area contributed by atoms with Crippen LogP contribution in [0.4, 0.5) is 0 Å². The van der Waals surface area contributed by atoms with Gasteiger partial charge in [0, 0.05) is 11.1 Å². The van der Waals surface area contributed by atoms with Crippen LogP contribution >= 0.6 is 0 Å². The minimum atomic E-state index is 0.738. The summed E-state index contributed by atoms with van der Waals surface area (Å²) in [7, 11) is 0. The second-order valence-electron chi connectivity index (χ2n) is 17.1. The molecule has 0 aromatic heterocycles. The maximum atomic E-state index is 6.61. The molecule has 0 aliphatic rings. The fraction of sp³-hybridized carbons (Fsp3) is 0.607. The molecule has 0 heterocycles. The van der Waals surface area contributed by atoms with E-state index in [0.29, 0.717) is 0 Å². The molecule has 322 valence electrons. The molecule has 0 unspecified atom stereocenters. The predicted octanol–water partition coefficient (Wildman–Crippen LogP) is 18.1. The van der Waals surface area contributed by atoms with Crippen LogP contribution in [0.1, 0.15) is 228 Å². The fourth-order valence-electron chi connectivity index (χ4n) is 7.77. The molecule has 0 aliphatic heterocycles. The Morgan fingerprint density at radius 3 is 0.948 bits per heavy atom. The van der Waals surface area contributed by atoms with Gasteiger partial charge in [0.25, 0.3) is 0 Å². The van der Waals surface area contributed by atoms with Gasteiger partial charge in [0.05, 0.1) is 13.2 Å². The van der Waals surface area contributed by atoms with Crippen LogP contribution in [0.5, 0.6) is 11.5 Å². The summed E-state index contributed by atoms with van der Waals surface area (Å²) in [5, 5.41) is 0. The SMILES string of the molecule is CCCCCCCCCc1ccc(/C=C/c2cc(OCCCCCCCC)c(/C=C/c3ccc(CCCCCCCCC)cc3)cc2OCCCCCCCC)cc1. The minimum absolute atomic E-state index is 0.738. The van der Waals surface area contributed by atoms with Crippen molar-refractivity contribution in [1.82, 2.24) is 0 Å². The summed E-state index contributed by atoms with van der Waals surface area (Å²) in [6, 6.07) is 22.8. The highest BCUT2D eigenvalue weighted by Crippen LogP contribution is 2.33. The monoisotopic (exact) mass is 791 g/mol. The maximum absolute atomic E-state index is 6.61. The first kappa shape index (κ1) is 49.1. The molecule has 0 bridgehead atoms. The predicted molar refractivity (Wildman–Crippen MR) is 258 cm³/mol. The van der Waals surface area contributed by atoms with Crippen molar-refractivity contribution in [3.63, 3.8) is 0 Å². The van der Waals surface area contributed by atoms with Gasteiger partial charge < -0.3 is 9.47 Å². The van der Waals surface area contributed by atoms with Crippen molar-refractivity contribution in [3.8, 4) is 11.5 Å². The van der Waals surface area contributed by atoms with Crippen LogP contribution in [-0.2, 0) is 12.8 Å². The van der Waals surface area contributed by atoms with Gasteiger partial charge in [0.2, 0.25) is 0 Å². The smallest absolute Gasteiger partial charge is 0.127 e. The summed E-state index contributed by atoms with van der Waals surface area (Å²) in [5.41, 5.74) is 7.50. The van der Waals surface area contributed by atoms with Crippen LogP contribution < -0.4 is 9.47 Å². The highest BCUT2D eigenvalue weighted by Gasteiger charge is 2.11. The topological polar surface area (TPSA) is 18.5 Å². The fourth-order valence-corrected chi connectivity index (χ4v) is 7.77. The maximum Gasteiger partial charge on any atom is 0.127 e. The van der Waals surface area contributed by atoms with Crippen LogP contribution in [0.15, 0.2) is 60.7 Å². The molecule has 0 saturated carbocycles. The first-order valence-electron chi connectivity index (χ1n) is 24.6. The lowest BCUT2D eigenvalue weighted by Gasteiger charge is -2.16. The Kier molecular flexibility index (Phi) is 28.4. The van der Waals surface area contributed by atoms with E-state index >= 15 is 0 Å². The lowest BCUT2D eigenvalue weighted by molar-refractivity contribution is 0.295. The van der Waals surface area contributed by atoms with Crippen molar-refractivity contribution in [3.05, 3.63) is 94.0 Å². The van der Waals surface area contributed by atoms with Crippen molar-refractivity contribution in [2.24, 2.45) is 0 Å². The zero-order chi connectivity index (χ0) is 41.1. The normalized spacial score (nSPS) is 11.7. The molecular weight excluding hydrogens is 705 g/mol. The largest absolute Gasteiger partial charge is 0.493 e. The molecule has 0 fully saturated rings. The average Bonchev–Trinajstić information content (AvgIpc) is 3.25. The van der Waals surface area contributed by atoms with E-state index in [1.54, 1.807) is 0 Å². The van der Waals surface area contributed by atoms with Crippen LogP contribution in [0.3, 0.4) is 0 Å². The molecule has 3 aromatic rings. The summed E-state index contributed by atoms with van der Waals surface area (Å²) >= 11 is 0. The first-order valence-corrected chi connectivity index (χ1v) is 24.6. The Morgan fingerprint density at radius 1 is 0.328 bits per heavy atom. The Morgan fingerprint density at radius 2 is 0.621 bits per heavy atom. The average molecular weight is 791 g/mol. The van der Waals surface area contributed by atoms with Gasteiger partial charge in [-0.2, -0.15) is 0 Å². The third-order valence-corrected chi connectivity index (χ3v) is 11.7. The molecule has 2 nitrogen and oxygen atoms in total. The van der Waals surface area contributed by atoms with Crippen molar-refractivity contribution in [2.45, 2.75) is 207 Å². The van der Waals surface area contributed by atoms with Gasteiger partial charge in [0.15, 0.2) is 0 Å². The number of rotatable bonds is 36. The summed E-state index contributed by atoms with van der Waals surface area (Å²) < 4.78 is 13.2. The molecule has 0 spiro atoms. The van der Waals surface area contributed by atoms with E-state index in [0.717, 1.165) is 48.7 Å². The van der Waals surface area contributed by atoms with Crippen molar-refractivity contribution < 1.29 is 9.47 Å². The lowest BCUT2D eigenvalue weighted by atomic mass is 10.0. The number of hydrogen-bond acceptors (Lipinski definition) is 2. The molecule has 3 rings (SSSR count). The highest BCUT2D eigenvalue weighted by molar-refractivity contribution is 5.79. The zero-order valence-corrected chi connectivity index (χ0v) is 38.1. The molecule has 2 heteroatoms. The molecule has 0 atom stereocenters. The number of aryl methyl sites for hydroxylation is 2. The number of hydrogen-bond donors (Lipinski definition) is 0. The Hall–Kier alpha value is -3.26. The summed E-state index contributed by atoms with van der Waals surface area (Å²) in [6.07, 6.45) is 45.3. The number of benzene rings is 3. The quantitative estimate of drug-likeness (QED) is 0.0431. The van der Waals surface area contributed by atoms with Gasteiger partial charge in [-0.05, 0) is 72.9 Å². The second-order valence-corrected chi connectivity index (χ2v) is 17.1. The summed E-state index contributed by atoms with van der Waals surface area (Å²) in [4.78, 5) is 0. The van der Waals surface area contributed by atoms with E-state index in [1.165, 1.54) is 189 Å². The highest BCUT2D eigenvalue weighted by atomic mass is 16.5. The molecule has 58 heavy (non-hydrogen) atoms. The third kappa shape index (κ3) is 22.8. The molecule has 0 saturated heterocycles. The van der Waals surface area contributed by atoms with E-state index in [9.17, 15) is 0 Å². The van der Waals surface area contributed by atoms with Gasteiger partial charge in [-0.15, -0.1) is 0 Å². The van der Waals surface area contributed by atoms with Gasteiger partial charge in [-0.1, -0.05) is 242 Å². The minimum Gasteiger partial charge on any atom is -0.493 e. The molecule has 3 aromatic carbocycles. The van der Waals surface area contributed by atoms with Gasteiger partial charge in [-0.3, -0.25) is 0 Å². The van der Waals surface area contributed by atoms with Crippen LogP contribution in [0.2, 0.25) is 0 Å². The number of ether oxygens (including phenoxy) is 2. The summed E-state index contributed by atoms with van der Waals surface area (Å²) in [5.74, 6) is 1.88. The molecular formula is C56H86O2. The van der Waals surface area contributed by atoms with Crippen LogP contribution in [-0.4, -0.2) is 13.2 Å². The van der Waals surface area contributed by atoms with E-state index in [2.05, 4.69) is 113 Å².